The molecule has 0 radical (unpaired) electrons. The van der Waals surface area contributed by atoms with Crippen LogP contribution in [0.4, 0.5) is 23.7 Å². The van der Waals surface area contributed by atoms with E-state index >= 15 is 0 Å². The van der Waals surface area contributed by atoms with Crippen molar-refractivity contribution in [3.8, 4) is 0 Å². The Balaban J connectivity index is 1.82. The fourth-order valence-corrected chi connectivity index (χ4v) is 3.92. The zero-order chi connectivity index (χ0) is 20.7. The van der Waals surface area contributed by atoms with Gasteiger partial charge < -0.3 is 19.9 Å². The van der Waals surface area contributed by atoms with Gasteiger partial charge in [-0.3, -0.25) is 0 Å². The van der Waals surface area contributed by atoms with Gasteiger partial charge >= 0.3 is 12.3 Å². The first-order valence-electron chi connectivity index (χ1n) is 9.64. The summed E-state index contributed by atoms with van der Waals surface area (Å²) in [5, 5.41) is 3.18. The molecular weight excluding hydrogens is 371 g/mol. The van der Waals surface area contributed by atoms with Gasteiger partial charge in [0.05, 0.1) is 5.56 Å². The third-order valence-corrected chi connectivity index (χ3v) is 5.16. The summed E-state index contributed by atoms with van der Waals surface area (Å²) in [6.07, 6.45) is -4.33. The molecule has 1 amide bonds. The first-order chi connectivity index (χ1) is 13.0. The predicted octanol–water partition coefficient (Wildman–Crippen LogP) is 3.80. The number of hydrogen-bond acceptors (Lipinski definition) is 4. The van der Waals surface area contributed by atoms with E-state index in [1.54, 1.807) is 11.0 Å². The highest BCUT2D eigenvalue weighted by Crippen LogP contribution is 2.38. The number of benzene rings is 1. The lowest BCUT2D eigenvalue weighted by Crippen LogP contribution is -2.55. The molecule has 156 valence electrons. The van der Waals surface area contributed by atoms with Gasteiger partial charge in [-0.15, -0.1) is 0 Å². The Bertz CT molecular complexity index is 743. The van der Waals surface area contributed by atoms with Crippen molar-refractivity contribution >= 4 is 11.8 Å². The van der Waals surface area contributed by atoms with E-state index in [4.69, 9.17) is 4.74 Å². The summed E-state index contributed by atoms with van der Waals surface area (Å²) in [6, 6.07) is 2.67. The molecule has 0 saturated carbocycles. The maximum Gasteiger partial charge on any atom is 0.416 e. The summed E-state index contributed by atoms with van der Waals surface area (Å²) in [5.41, 5.74) is 0.843. The maximum atomic E-state index is 13.4. The van der Waals surface area contributed by atoms with Crippen LogP contribution in [0.2, 0.25) is 0 Å². The van der Waals surface area contributed by atoms with Gasteiger partial charge in [0.1, 0.15) is 5.60 Å². The fourth-order valence-electron chi connectivity index (χ4n) is 3.92. The van der Waals surface area contributed by atoms with Crippen molar-refractivity contribution in [2.45, 2.75) is 58.5 Å². The highest BCUT2D eigenvalue weighted by Gasteiger charge is 2.37. The van der Waals surface area contributed by atoms with E-state index in [-0.39, 0.29) is 12.1 Å². The lowest BCUT2D eigenvalue weighted by molar-refractivity contribution is -0.138. The molecule has 0 aliphatic carbocycles. The second kappa shape index (κ2) is 7.46. The normalized spacial score (nSPS) is 20.8. The molecule has 2 aliphatic rings. The SMILES string of the molecule is C[C@H]1CN(c2ccc(C(F)(F)F)c3c2CNCC3)CCN1C(=O)OC(C)(C)C. The topological polar surface area (TPSA) is 44.8 Å². The first kappa shape index (κ1) is 20.8. The van der Waals surface area contributed by atoms with E-state index in [1.165, 1.54) is 6.07 Å². The number of nitrogens with zero attached hydrogens (tertiary/aromatic N) is 2. The van der Waals surface area contributed by atoms with Gasteiger partial charge in [-0.2, -0.15) is 13.2 Å². The number of carbonyl (C=O) groups is 1. The van der Waals surface area contributed by atoms with Crippen molar-refractivity contribution in [2.24, 2.45) is 0 Å². The fraction of sp³-hybridized carbons (Fsp3) is 0.650. The molecule has 1 aromatic rings. The molecule has 3 rings (SSSR count). The molecule has 5 nitrogen and oxygen atoms in total. The van der Waals surface area contributed by atoms with E-state index in [1.807, 2.05) is 27.7 Å². The standard InChI is InChI=1S/C20H28F3N3O2/c1-13-12-25(9-10-26(13)18(27)28-19(2,3)4)17-6-5-16(20(21,22)23)14-7-8-24-11-15(14)17/h5-6,13,24H,7-12H2,1-4H3/t13-/m0/s1. The Labute approximate surface area is 163 Å². The second-order valence-electron chi connectivity index (χ2n) is 8.48. The Morgan fingerprint density at radius 2 is 1.89 bits per heavy atom. The van der Waals surface area contributed by atoms with Crippen LogP contribution in [-0.2, 0) is 23.9 Å². The molecule has 1 saturated heterocycles. The van der Waals surface area contributed by atoms with Crippen molar-refractivity contribution in [3.63, 3.8) is 0 Å². The van der Waals surface area contributed by atoms with E-state index in [0.717, 1.165) is 11.3 Å². The van der Waals surface area contributed by atoms with Crippen LogP contribution in [0.1, 0.15) is 44.4 Å². The third kappa shape index (κ3) is 4.37. The number of ether oxygens (including phenoxy) is 1. The summed E-state index contributed by atoms with van der Waals surface area (Å²) in [7, 11) is 0. The summed E-state index contributed by atoms with van der Waals surface area (Å²) in [6.45, 7) is 9.97. The molecule has 28 heavy (non-hydrogen) atoms. The van der Waals surface area contributed by atoms with Gasteiger partial charge in [0.25, 0.3) is 0 Å². The molecule has 0 spiro atoms. The van der Waals surface area contributed by atoms with Crippen LogP contribution in [0.15, 0.2) is 12.1 Å². The average Bonchev–Trinajstić information content (AvgIpc) is 2.58. The summed E-state index contributed by atoms with van der Waals surface area (Å²) in [4.78, 5) is 16.2. The summed E-state index contributed by atoms with van der Waals surface area (Å²) >= 11 is 0. The lowest BCUT2D eigenvalue weighted by atomic mass is 9.92. The number of carbonyl (C=O) groups excluding carboxylic acids is 1. The third-order valence-electron chi connectivity index (χ3n) is 5.16. The number of halogens is 3. The van der Waals surface area contributed by atoms with Crippen LogP contribution >= 0.6 is 0 Å². The number of alkyl halides is 3. The lowest BCUT2D eigenvalue weighted by Gasteiger charge is -2.42. The van der Waals surface area contributed by atoms with Gasteiger partial charge in [-0.1, -0.05) is 0 Å². The number of anilines is 1. The van der Waals surface area contributed by atoms with Crippen LogP contribution in [0.25, 0.3) is 0 Å². The van der Waals surface area contributed by atoms with E-state index in [2.05, 4.69) is 10.2 Å². The minimum atomic E-state index is -4.34. The molecule has 0 aromatic heterocycles. The number of hydrogen-bond donors (Lipinski definition) is 1. The molecule has 8 heteroatoms. The summed E-state index contributed by atoms with van der Waals surface area (Å²) in [5.74, 6) is 0. The smallest absolute Gasteiger partial charge is 0.416 e. The number of amides is 1. The largest absolute Gasteiger partial charge is 0.444 e. The predicted molar refractivity (Wildman–Crippen MR) is 101 cm³/mol. The molecule has 2 aliphatic heterocycles. The van der Waals surface area contributed by atoms with Crippen LogP contribution in [0.3, 0.4) is 0 Å². The quantitative estimate of drug-likeness (QED) is 0.780. The Morgan fingerprint density at radius 1 is 1.18 bits per heavy atom. The maximum absolute atomic E-state index is 13.4. The van der Waals surface area contributed by atoms with E-state index in [0.29, 0.717) is 44.7 Å². The highest BCUT2D eigenvalue weighted by atomic mass is 19.4. The van der Waals surface area contributed by atoms with Gasteiger partial charge in [-0.25, -0.2) is 4.79 Å². The van der Waals surface area contributed by atoms with Crippen molar-refractivity contribution in [2.75, 3.05) is 31.1 Å². The molecule has 1 aromatic carbocycles. The molecule has 0 unspecified atom stereocenters. The van der Waals surface area contributed by atoms with Crippen LogP contribution < -0.4 is 10.2 Å². The number of rotatable bonds is 1. The van der Waals surface area contributed by atoms with Crippen LogP contribution in [0, 0.1) is 0 Å². The summed E-state index contributed by atoms with van der Waals surface area (Å²) < 4.78 is 45.7. The Hall–Kier alpha value is -1.96. The molecule has 1 fully saturated rings. The molecule has 0 bridgehead atoms. The average molecular weight is 399 g/mol. The van der Waals surface area contributed by atoms with E-state index in [9.17, 15) is 18.0 Å². The Kier molecular flexibility index (Phi) is 5.53. The molecule has 2 heterocycles. The number of piperazine rings is 1. The first-order valence-corrected chi connectivity index (χ1v) is 9.64. The van der Waals surface area contributed by atoms with Gasteiger partial charge in [-0.05, 0) is 63.9 Å². The molecular formula is C20H28F3N3O2. The van der Waals surface area contributed by atoms with Crippen LogP contribution in [-0.4, -0.2) is 48.8 Å². The minimum Gasteiger partial charge on any atom is -0.444 e. The van der Waals surface area contributed by atoms with Crippen molar-refractivity contribution in [1.82, 2.24) is 10.2 Å². The van der Waals surface area contributed by atoms with Gasteiger partial charge in [0.15, 0.2) is 0 Å². The minimum absolute atomic E-state index is 0.0990. The Morgan fingerprint density at radius 3 is 2.50 bits per heavy atom. The van der Waals surface area contributed by atoms with Crippen LogP contribution in [0.5, 0.6) is 0 Å². The van der Waals surface area contributed by atoms with E-state index < -0.39 is 17.3 Å². The number of nitrogens with one attached hydrogen (secondary N) is 1. The second-order valence-corrected chi connectivity index (χ2v) is 8.48. The molecule has 1 N–H and O–H groups in total. The molecule has 1 atom stereocenters. The van der Waals surface area contributed by atoms with Gasteiger partial charge in [0, 0.05) is 37.9 Å². The monoisotopic (exact) mass is 399 g/mol. The van der Waals surface area contributed by atoms with Crippen molar-refractivity contribution in [3.05, 3.63) is 28.8 Å². The van der Waals surface area contributed by atoms with Gasteiger partial charge in [0.2, 0.25) is 0 Å². The highest BCUT2D eigenvalue weighted by molar-refractivity contribution is 5.69. The zero-order valence-electron chi connectivity index (χ0n) is 16.8. The van der Waals surface area contributed by atoms with Crippen molar-refractivity contribution < 1.29 is 22.7 Å². The zero-order valence-corrected chi connectivity index (χ0v) is 16.8. The van der Waals surface area contributed by atoms with Crippen molar-refractivity contribution in [1.29, 1.82) is 0 Å². The number of fused-ring (bicyclic) bond motifs is 1.